The second-order valence-electron chi connectivity index (χ2n) is 3.98. The molecule has 2 aliphatic heterocycles. The van der Waals surface area contributed by atoms with Gasteiger partial charge >= 0.3 is 0 Å². The van der Waals surface area contributed by atoms with Crippen molar-refractivity contribution in [2.24, 2.45) is 7.05 Å². The Morgan fingerprint density at radius 2 is 2.24 bits per heavy atom. The Labute approximate surface area is 97.9 Å². The number of hydrogen-bond donors (Lipinski definition) is 2. The smallest absolute Gasteiger partial charge is 0.149 e. The third-order valence-corrected chi connectivity index (χ3v) is 2.85. The van der Waals surface area contributed by atoms with Crippen molar-refractivity contribution in [2.45, 2.75) is 6.92 Å². The Morgan fingerprint density at radius 1 is 1.41 bits per heavy atom. The molecule has 0 atom stereocenters. The summed E-state index contributed by atoms with van der Waals surface area (Å²) in [5.41, 5.74) is 9.51. The van der Waals surface area contributed by atoms with Crippen molar-refractivity contribution >= 4 is 5.82 Å². The Kier molecular flexibility index (Phi) is 1.91. The predicted molar refractivity (Wildman–Crippen MR) is 64.4 cm³/mol. The number of aryl methyl sites for hydroxylation is 1. The van der Waals surface area contributed by atoms with E-state index in [1.807, 2.05) is 20.0 Å². The van der Waals surface area contributed by atoms with Crippen LogP contribution >= 0.6 is 0 Å². The number of aromatic nitrogens is 5. The molecule has 2 aliphatic rings. The normalized spacial score (nSPS) is 11.2. The molecule has 1 aromatic heterocycles. The molecule has 0 saturated heterocycles. The standard InChI is InChI=1S/C11H12N6/c1-6-9(17(2)16-10(6)12)8-3-7-4-13-5-14-11(7)15-8/h3-5H,1-2H3,(H2,12,16)(H,13,14,15). The third-order valence-electron chi connectivity index (χ3n) is 2.85. The van der Waals surface area contributed by atoms with E-state index >= 15 is 0 Å². The molecule has 0 spiro atoms. The minimum absolute atomic E-state index is 0.539. The van der Waals surface area contributed by atoms with Gasteiger partial charge in [0.25, 0.3) is 0 Å². The molecule has 1 aromatic rings. The number of nitrogens with two attached hydrogens (primary N) is 1. The molecule has 0 radical (unpaired) electrons. The van der Waals surface area contributed by atoms with E-state index in [-0.39, 0.29) is 0 Å². The van der Waals surface area contributed by atoms with Gasteiger partial charge in [-0.05, 0) is 13.0 Å². The molecule has 86 valence electrons. The first-order valence-electron chi connectivity index (χ1n) is 5.25. The van der Waals surface area contributed by atoms with E-state index in [4.69, 9.17) is 5.73 Å². The van der Waals surface area contributed by atoms with Crippen LogP contribution in [0.2, 0.25) is 0 Å². The van der Waals surface area contributed by atoms with Gasteiger partial charge < -0.3 is 10.7 Å². The molecule has 0 unspecified atom stereocenters. The molecule has 3 N–H and O–H groups in total. The van der Waals surface area contributed by atoms with Gasteiger partial charge in [-0.1, -0.05) is 0 Å². The fourth-order valence-corrected chi connectivity index (χ4v) is 1.99. The molecule has 0 amide bonds. The minimum atomic E-state index is 0.539. The number of nitrogen functional groups attached to an aromatic ring is 1. The number of fused-ring (bicyclic) bond motifs is 1. The fourth-order valence-electron chi connectivity index (χ4n) is 1.99. The van der Waals surface area contributed by atoms with Crippen molar-refractivity contribution in [1.29, 1.82) is 0 Å². The van der Waals surface area contributed by atoms with E-state index < -0.39 is 0 Å². The summed E-state index contributed by atoms with van der Waals surface area (Å²) in [6, 6.07) is 1.97. The largest absolute Gasteiger partial charge is 0.382 e. The number of H-pyrrole nitrogens is 1. The molecule has 3 rings (SSSR count). The zero-order valence-corrected chi connectivity index (χ0v) is 9.60. The monoisotopic (exact) mass is 228 g/mol. The number of hydrogen-bond acceptors (Lipinski definition) is 4. The van der Waals surface area contributed by atoms with E-state index in [1.54, 1.807) is 17.2 Å². The number of aromatic amines is 1. The SMILES string of the molecule is Cc1c(N)nn(C)c1-c1cc2cnc[nH]c-2n1. The first-order valence-corrected chi connectivity index (χ1v) is 5.25. The Balaban J connectivity index is 2.25. The van der Waals surface area contributed by atoms with Gasteiger partial charge in [0.15, 0.2) is 0 Å². The van der Waals surface area contributed by atoms with Crippen molar-refractivity contribution in [2.75, 3.05) is 5.73 Å². The van der Waals surface area contributed by atoms with E-state index in [9.17, 15) is 0 Å². The maximum Gasteiger partial charge on any atom is 0.149 e. The van der Waals surface area contributed by atoms with Gasteiger partial charge in [0.2, 0.25) is 0 Å². The molecule has 0 aromatic carbocycles. The predicted octanol–water partition coefficient (Wildman–Crippen LogP) is 1.20. The Morgan fingerprint density at radius 3 is 2.88 bits per heavy atom. The topological polar surface area (TPSA) is 85.4 Å². The number of rotatable bonds is 1. The van der Waals surface area contributed by atoms with E-state index in [2.05, 4.69) is 20.1 Å². The molecule has 3 heterocycles. The Bertz CT molecular complexity index is 620. The van der Waals surface area contributed by atoms with E-state index in [0.717, 1.165) is 28.3 Å². The molecule has 0 fully saturated rings. The lowest BCUT2D eigenvalue weighted by molar-refractivity contribution is 0.778. The molecule has 0 bridgehead atoms. The lowest BCUT2D eigenvalue weighted by atomic mass is 10.2. The van der Waals surface area contributed by atoms with Gasteiger partial charge in [-0.25, -0.2) is 9.97 Å². The highest BCUT2D eigenvalue weighted by Gasteiger charge is 2.17. The van der Waals surface area contributed by atoms with Crippen LogP contribution in [0.15, 0.2) is 18.6 Å². The lowest BCUT2D eigenvalue weighted by Gasteiger charge is -1.98. The highest BCUT2D eigenvalue weighted by molar-refractivity contribution is 5.73. The van der Waals surface area contributed by atoms with Crippen LogP contribution in [0.1, 0.15) is 5.56 Å². The summed E-state index contributed by atoms with van der Waals surface area (Å²) in [5, 5.41) is 4.19. The summed E-state index contributed by atoms with van der Waals surface area (Å²) < 4.78 is 1.75. The van der Waals surface area contributed by atoms with Crippen LogP contribution in [-0.4, -0.2) is 24.7 Å². The van der Waals surface area contributed by atoms with Gasteiger partial charge in [0.05, 0.1) is 17.7 Å². The van der Waals surface area contributed by atoms with Gasteiger partial charge in [0, 0.05) is 24.4 Å². The Hall–Kier alpha value is -2.37. The van der Waals surface area contributed by atoms with Gasteiger partial charge in [-0.2, -0.15) is 5.10 Å². The maximum atomic E-state index is 5.79. The molecule has 0 aliphatic carbocycles. The van der Waals surface area contributed by atoms with Crippen LogP contribution in [0.25, 0.3) is 22.8 Å². The minimum Gasteiger partial charge on any atom is -0.382 e. The fraction of sp³-hybridized carbons (Fsp3) is 0.182. The highest BCUT2D eigenvalue weighted by atomic mass is 15.3. The van der Waals surface area contributed by atoms with Gasteiger partial charge in [-0.3, -0.25) is 4.68 Å². The second-order valence-corrected chi connectivity index (χ2v) is 3.98. The summed E-state index contributed by atoms with van der Waals surface area (Å²) in [7, 11) is 1.86. The number of anilines is 1. The van der Waals surface area contributed by atoms with Crippen LogP contribution in [0.4, 0.5) is 5.82 Å². The zero-order chi connectivity index (χ0) is 12.0. The summed E-state index contributed by atoms with van der Waals surface area (Å²) in [6.45, 7) is 1.94. The van der Waals surface area contributed by atoms with Crippen LogP contribution in [0.3, 0.4) is 0 Å². The number of nitrogens with zero attached hydrogens (tertiary/aromatic N) is 4. The summed E-state index contributed by atoms with van der Waals surface area (Å²) >= 11 is 0. The quantitative estimate of drug-likeness (QED) is 0.655. The second kappa shape index (κ2) is 3.31. The number of nitrogens with one attached hydrogen (secondary N) is 1. The lowest BCUT2D eigenvalue weighted by Crippen LogP contribution is -1.94. The van der Waals surface area contributed by atoms with Crippen molar-refractivity contribution in [3.8, 4) is 22.8 Å². The molecular formula is C11H12N6. The van der Waals surface area contributed by atoms with Crippen molar-refractivity contribution in [3.05, 3.63) is 24.2 Å². The van der Waals surface area contributed by atoms with Crippen molar-refractivity contribution in [1.82, 2.24) is 24.7 Å². The highest BCUT2D eigenvalue weighted by Crippen LogP contribution is 2.30. The van der Waals surface area contributed by atoms with Gasteiger partial charge in [-0.15, -0.1) is 0 Å². The van der Waals surface area contributed by atoms with Crippen LogP contribution in [0, 0.1) is 6.92 Å². The van der Waals surface area contributed by atoms with Crippen LogP contribution in [0.5, 0.6) is 0 Å². The first-order chi connectivity index (χ1) is 8.16. The van der Waals surface area contributed by atoms with Crippen molar-refractivity contribution < 1.29 is 0 Å². The summed E-state index contributed by atoms with van der Waals surface area (Å²) in [6.07, 6.45) is 3.39. The zero-order valence-electron chi connectivity index (χ0n) is 9.60. The maximum absolute atomic E-state index is 5.79. The van der Waals surface area contributed by atoms with E-state index in [1.165, 1.54) is 0 Å². The van der Waals surface area contributed by atoms with Gasteiger partial charge in [0.1, 0.15) is 11.6 Å². The van der Waals surface area contributed by atoms with E-state index in [0.29, 0.717) is 5.82 Å². The summed E-state index contributed by atoms with van der Waals surface area (Å²) in [5.74, 6) is 1.35. The molecular weight excluding hydrogens is 216 g/mol. The summed E-state index contributed by atoms with van der Waals surface area (Å²) in [4.78, 5) is 11.5. The van der Waals surface area contributed by atoms with Crippen LogP contribution in [-0.2, 0) is 7.05 Å². The molecule has 6 nitrogen and oxygen atoms in total. The third kappa shape index (κ3) is 1.37. The average Bonchev–Trinajstić information content (AvgIpc) is 2.81. The first kappa shape index (κ1) is 9.83. The van der Waals surface area contributed by atoms with Crippen molar-refractivity contribution in [3.63, 3.8) is 0 Å². The molecule has 6 heteroatoms. The van der Waals surface area contributed by atoms with Crippen LogP contribution < -0.4 is 5.73 Å². The average molecular weight is 228 g/mol. The molecule has 17 heavy (non-hydrogen) atoms. The molecule has 0 saturated carbocycles.